The molecule has 0 spiro atoms. The van der Waals surface area contributed by atoms with Gasteiger partial charge in [0.15, 0.2) is 5.13 Å². The Morgan fingerprint density at radius 1 is 0.949 bits per heavy atom. The minimum atomic E-state index is -0.150. The molecule has 8 nitrogen and oxygen atoms in total. The number of thiazole rings is 1. The highest BCUT2D eigenvalue weighted by Crippen LogP contribution is 2.39. The summed E-state index contributed by atoms with van der Waals surface area (Å²) in [5.41, 5.74) is 3.16. The van der Waals surface area contributed by atoms with E-state index in [2.05, 4.69) is 28.4 Å². The van der Waals surface area contributed by atoms with Gasteiger partial charge in [-0.1, -0.05) is 25.3 Å². The Hall–Kier alpha value is -2.65. The Morgan fingerprint density at radius 2 is 1.72 bits per heavy atom. The molecule has 1 aromatic heterocycles. The Kier molecular flexibility index (Phi) is 8.07. The van der Waals surface area contributed by atoms with Crippen LogP contribution >= 0.6 is 11.3 Å². The van der Waals surface area contributed by atoms with E-state index >= 15 is 0 Å². The van der Waals surface area contributed by atoms with Gasteiger partial charge in [-0.05, 0) is 68.7 Å². The summed E-state index contributed by atoms with van der Waals surface area (Å²) >= 11 is 1.43. The normalized spacial score (nSPS) is 23.1. The molecule has 4 fully saturated rings. The quantitative estimate of drug-likeness (QED) is 0.519. The minimum absolute atomic E-state index is 0.113. The molecule has 2 aromatic rings. The fourth-order valence-electron chi connectivity index (χ4n) is 6.61. The molecule has 2 aliphatic carbocycles. The number of piperidine rings is 1. The van der Waals surface area contributed by atoms with Gasteiger partial charge in [-0.2, -0.15) is 0 Å². The fraction of sp³-hybridized carbons (Fsp3) is 0.633. The van der Waals surface area contributed by atoms with E-state index in [1.807, 2.05) is 10.3 Å². The Bertz CT molecular complexity index is 1170. The topological polar surface area (TPSA) is 78.0 Å². The molecule has 39 heavy (non-hydrogen) atoms. The third kappa shape index (κ3) is 6.09. The highest BCUT2D eigenvalue weighted by atomic mass is 32.1. The van der Waals surface area contributed by atoms with Crippen LogP contribution in [0.4, 0.5) is 9.93 Å². The van der Waals surface area contributed by atoms with Crippen molar-refractivity contribution in [2.45, 2.75) is 69.7 Å². The van der Waals surface area contributed by atoms with Crippen LogP contribution in [0.15, 0.2) is 23.6 Å². The van der Waals surface area contributed by atoms with Crippen molar-refractivity contribution in [1.29, 1.82) is 0 Å². The summed E-state index contributed by atoms with van der Waals surface area (Å²) in [4.78, 5) is 37.3. The predicted molar refractivity (Wildman–Crippen MR) is 154 cm³/mol. The molecule has 9 heteroatoms. The van der Waals surface area contributed by atoms with Crippen LogP contribution in [0.2, 0.25) is 0 Å². The smallest absolute Gasteiger partial charge is 0.323 e. The number of methoxy groups -OCH3 is 1. The van der Waals surface area contributed by atoms with E-state index in [1.54, 1.807) is 12.0 Å². The molecule has 0 radical (unpaired) electrons. The number of hydrogen-bond acceptors (Lipinski definition) is 6. The monoisotopic (exact) mass is 551 g/mol. The number of amides is 3. The van der Waals surface area contributed by atoms with Crippen LogP contribution in [0.1, 0.15) is 69.3 Å². The largest absolute Gasteiger partial charge is 0.496 e. The molecule has 2 aliphatic heterocycles. The van der Waals surface area contributed by atoms with Crippen LogP contribution in [0, 0.1) is 5.92 Å². The van der Waals surface area contributed by atoms with Crippen molar-refractivity contribution in [3.63, 3.8) is 0 Å². The highest BCUT2D eigenvalue weighted by molar-refractivity contribution is 7.14. The molecule has 2 saturated heterocycles. The van der Waals surface area contributed by atoms with Gasteiger partial charge in [-0.15, -0.1) is 11.3 Å². The first-order chi connectivity index (χ1) is 19.1. The molecule has 210 valence electrons. The first-order valence-corrected chi connectivity index (χ1v) is 15.7. The first-order valence-electron chi connectivity index (χ1n) is 14.8. The van der Waals surface area contributed by atoms with Gasteiger partial charge in [0.25, 0.3) is 0 Å². The lowest BCUT2D eigenvalue weighted by Crippen LogP contribution is -2.54. The number of urea groups is 1. The van der Waals surface area contributed by atoms with Gasteiger partial charge < -0.3 is 14.5 Å². The number of benzene rings is 1. The molecule has 1 atom stereocenters. The van der Waals surface area contributed by atoms with Gasteiger partial charge in [0.05, 0.1) is 18.7 Å². The molecule has 6 rings (SSSR count). The average molecular weight is 552 g/mol. The average Bonchev–Trinajstić information content (AvgIpc) is 3.75. The van der Waals surface area contributed by atoms with Gasteiger partial charge >= 0.3 is 6.03 Å². The van der Waals surface area contributed by atoms with Gasteiger partial charge in [-0.3, -0.25) is 15.0 Å². The van der Waals surface area contributed by atoms with Crippen LogP contribution in [0.5, 0.6) is 5.75 Å². The number of carbonyl (C=O) groups is 2. The lowest BCUT2D eigenvalue weighted by Gasteiger charge is -2.39. The maximum atomic E-state index is 13.2. The van der Waals surface area contributed by atoms with Crippen molar-refractivity contribution in [3.05, 3.63) is 29.1 Å². The number of aromatic nitrogens is 1. The number of ether oxygens (including phenoxy) is 1. The zero-order chi connectivity index (χ0) is 26.8. The molecular weight excluding hydrogens is 510 g/mol. The second-order valence-electron chi connectivity index (χ2n) is 11.6. The molecule has 3 heterocycles. The van der Waals surface area contributed by atoms with Crippen molar-refractivity contribution in [1.82, 2.24) is 19.7 Å². The predicted octanol–water partition coefficient (Wildman–Crippen LogP) is 5.42. The summed E-state index contributed by atoms with van der Waals surface area (Å²) in [7, 11) is 1.69. The number of nitrogens with one attached hydrogen (secondary N) is 1. The number of hydrogen-bond donors (Lipinski definition) is 1. The Labute approximate surface area is 235 Å². The molecule has 3 amide bonds. The van der Waals surface area contributed by atoms with Gasteiger partial charge in [-0.25, -0.2) is 9.78 Å². The number of piperazine rings is 1. The number of rotatable bonds is 6. The lowest BCUT2D eigenvalue weighted by atomic mass is 9.83. The summed E-state index contributed by atoms with van der Waals surface area (Å²) in [6, 6.07) is 7.03. The third-order valence-electron chi connectivity index (χ3n) is 9.04. The van der Waals surface area contributed by atoms with Gasteiger partial charge in [0, 0.05) is 49.7 Å². The molecule has 1 aromatic carbocycles. The number of likely N-dealkylation sites (tertiary alicyclic amines) is 1. The second-order valence-corrected chi connectivity index (χ2v) is 12.5. The number of nitrogens with zero attached hydrogens (tertiary/aromatic N) is 4. The van der Waals surface area contributed by atoms with Crippen molar-refractivity contribution < 1.29 is 14.3 Å². The Balaban J connectivity index is 1.04. The van der Waals surface area contributed by atoms with E-state index < -0.39 is 0 Å². The zero-order valence-corrected chi connectivity index (χ0v) is 23.9. The van der Waals surface area contributed by atoms with Crippen LogP contribution in [-0.4, -0.2) is 84.0 Å². The van der Waals surface area contributed by atoms with Gasteiger partial charge in [0.1, 0.15) is 5.75 Å². The maximum Gasteiger partial charge on any atom is 0.323 e. The van der Waals surface area contributed by atoms with Crippen LogP contribution in [0.25, 0.3) is 11.3 Å². The second kappa shape index (κ2) is 11.8. The highest BCUT2D eigenvalue weighted by Gasteiger charge is 2.37. The standard InChI is InChI=1S/C30H41N5O3S/c1-38-27-12-9-22(21-6-3-2-4-7-21)18-25(27)26-20-39-29(31-26)32-30(37)34-16-14-33(15-17-34)28(36)23-8-5-13-35(19-23)24-10-11-24/h9,12,18,20-21,23-24H,2-8,10-11,13-17,19H2,1H3,(H,31,32,37)/t23-/m1/s1. The number of carbonyl (C=O) groups excluding carboxylic acids is 2. The van der Waals surface area contributed by atoms with E-state index in [0.717, 1.165) is 49.0 Å². The molecule has 2 saturated carbocycles. The van der Waals surface area contributed by atoms with Crippen molar-refractivity contribution in [2.24, 2.45) is 5.92 Å². The lowest BCUT2D eigenvalue weighted by molar-refractivity contribution is -0.138. The van der Waals surface area contributed by atoms with Gasteiger partial charge in [0.2, 0.25) is 5.91 Å². The molecule has 0 bridgehead atoms. The minimum Gasteiger partial charge on any atom is -0.496 e. The van der Waals surface area contributed by atoms with Crippen molar-refractivity contribution in [3.8, 4) is 17.0 Å². The molecule has 4 aliphatic rings. The zero-order valence-electron chi connectivity index (χ0n) is 23.1. The summed E-state index contributed by atoms with van der Waals surface area (Å²) in [6.07, 6.45) is 11.1. The van der Waals surface area contributed by atoms with E-state index in [0.29, 0.717) is 37.2 Å². The molecule has 1 N–H and O–H groups in total. The van der Waals surface area contributed by atoms with Crippen molar-refractivity contribution in [2.75, 3.05) is 51.7 Å². The van der Waals surface area contributed by atoms with Crippen molar-refractivity contribution >= 4 is 28.4 Å². The SMILES string of the molecule is COc1ccc(C2CCCCC2)cc1-c1csc(NC(=O)N2CCN(C(=O)[C@@H]3CCCN(C4CC4)C3)CC2)n1. The summed E-state index contributed by atoms with van der Waals surface area (Å²) in [5, 5.41) is 5.57. The van der Waals surface area contributed by atoms with E-state index in [1.165, 1.54) is 61.8 Å². The molecule has 0 unspecified atom stereocenters. The fourth-order valence-corrected chi connectivity index (χ4v) is 7.31. The first kappa shape index (κ1) is 26.6. The number of anilines is 1. The van der Waals surface area contributed by atoms with Crippen LogP contribution in [-0.2, 0) is 4.79 Å². The Morgan fingerprint density at radius 3 is 2.46 bits per heavy atom. The summed E-state index contributed by atoms with van der Waals surface area (Å²) in [6.45, 7) is 4.34. The van der Waals surface area contributed by atoms with E-state index in [-0.39, 0.29) is 17.9 Å². The molecular formula is C30H41N5O3S. The summed E-state index contributed by atoms with van der Waals surface area (Å²) < 4.78 is 5.66. The van der Waals surface area contributed by atoms with E-state index in [9.17, 15) is 9.59 Å². The van der Waals surface area contributed by atoms with Crippen LogP contribution in [0.3, 0.4) is 0 Å². The maximum absolute atomic E-state index is 13.2. The third-order valence-corrected chi connectivity index (χ3v) is 9.80. The van der Waals surface area contributed by atoms with Crippen LogP contribution < -0.4 is 10.1 Å². The van der Waals surface area contributed by atoms with E-state index in [4.69, 9.17) is 9.72 Å². The summed E-state index contributed by atoms with van der Waals surface area (Å²) in [5.74, 6) is 1.79.